The predicted octanol–water partition coefficient (Wildman–Crippen LogP) is 16.8. The van der Waals surface area contributed by atoms with Gasteiger partial charge in [0.2, 0.25) is 0 Å². The van der Waals surface area contributed by atoms with Gasteiger partial charge in [-0.25, -0.2) is 0 Å². The molecule has 0 bridgehead atoms. The van der Waals surface area contributed by atoms with E-state index in [1.54, 1.807) is 0 Å². The summed E-state index contributed by atoms with van der Waals surface area (Å²) < 4.78 is 0. The Kier molecular flexibility index (Phi) is 7.80. The van der Waals surface area contributed by atoms with Crippen LogP contribution < -0.4 is 4.90 Å². The molecule has 10 aromatic rings. The number of hydrogen-bond donors (Lipinski definition) is 0. The second-order valence-corrected chi connectivity index (χ2v) is 18.8. The second kappa shape index (κ2) is 13.1. The number of para-hydroxylation sites is 1. The largest absolute Gasteiger partial charge is 0.334 e. The van der Waals surface area contributed by atoms with E-state index in [2.05, 4.69) is 221 Å². The van der Waals surface area contributed by atoms with Gasteiger partial charge in [0.1, 0.15) is 0 Å². The van der Waals surface area contributed by atoms with Crippen LogP contribution in [0.5, 0.6) is 0 Å². The molecule has 2 unspecified atom stereocenters. The van der Waals surface area contributed by atoms with Gasteiger partial charge in [0.05, 0.1) is 5.54 Å². The smallest absolute Gasteiger partial charge is 0.0568 e. The Balaban J connectivity index is 1.19. The molecule has 1 heterocycles. The first kappa shape index (κ1) is 36.2. The fraction of sp³-hybridized carbons (Fsp3) is 0.167. The third-order valence-corrected chi connectivity index (χ3v) is 15.6. The molecule has 1 saturated carbocycles. The molecule has 1 aliphatic heterocycles. The topological polar surface area (TPSA) is 3.24 Å². The SMILES string of the molecule is CC1(C)CCCC2(C)c3cc(-c4cc(-c5ccccc5)c5ccc6c(-c7cccc8ccccc78)cc(-c7ccccc7)c7ccc4c5c76)ccc3N(c3ccccc3)C12C. The Morgan fingerprint density at radius 2 is 0.918 bits per heavy atom. The van der Waals surface area contributed by atoms with Gasteiger partial charge in [-0.2, -0.15) is 0 Å². The summed E-state index contributed by atoms with van der Waals surface area (Å²) in [4.78, 5) is 2.71. The maximum atomic E-state index is 2.71. The van der Waals surface area contributed by atoms with Gasteiger partial charge in [0.15, 0.2) is 0 Å². The van der Waals surface area contributed by atoms with Crippen molar-refractivity contribution >= 4 is 54.5 Å². The summed E-state index contributed by atoms with van der Waals surface area (Å²) in [5, 5.41) is 10.4. The maximum absolute atomic E-state index is 2.71. The van der Waals surface area contributed by atoms with Gasteiger partial charge >= 0.3 is 0 Å². The van der Waals surface area contributed by atoms with E-state index < -0.39 is 0 Å². The highest BCUT2D eigenvalue weighted by Crippen LogP contribution is 2.66. The summed E-state index contributed by atoms with van der Waals surface area (Å²) in [6.45, 7) is 10.1. The standard InChI is InChI=1S/C60H49N/c1-58(2)34-17-35-59(3)54-36-42(28-33-55(54)61(60(58,59)4)43-24-12-7-13-25-43)52-37-50(40-18-8-5-9-19-40)46-31-32-49-53(45-27-16-23-39-22-14-15-26-44(39)45)38-51(41-20-10-6-11-21-41)47-29-30-48(52)56(46)57(47)49/h5-16,18-33,36-38H,17,34-35H2,1-4H3. The molecule has 0 saturated heterocycles. The van der Waals surface area contributed by atoms with E-state index in [1.165, 1.54) is 124 Å². The molecule has 0 N–H and O–H groups in total. The van der Waals surface area contributed by atoms with Gasteiger partial charge < -0.3 is 4.90 Å². The summed E-state index contributed by atoms with van der Waals surface area (Å²) in [7, 11) is 0. The van der Waals surface area contributed by atoms with Gasteiger partial charge in [-0.3, -0.25) is 0 Å². The van der Waals surface area contributed by atoms with Crippen LogP contribution in [0.2, 0.25) is 0 Å². The van der Waals surface area contributed by atoms with Crippen molar-refractivity contribution in [3.05, 3.63) is 194 Å². The fourth-order valence-electron chi connectivity index (χ4n) is 12.2. The van der Waals surface area contributed by atoms with Crippen LogP contribution in [0.1, 0.15) is 52.5 Å². The molecule has 1 aliphatic carbocycles. The Morgan fingerprint density at radius 3 is 1.56 bits per heavy atom. The average molecular weight is 784 g/mol. The highest BCUT2D eigenvalue weighted by molar-refractivity contribution is 6.32. The van der Waals surface area contributed by atoms with E-state index in [4.69, 9.17) is 0 Å². The van der Waals surface area contributed by atoms with Crippen molar-refractivity contribution in [2.45, 2.75) is 57.9 Å². The fourth-order valence-corrected chi connectivity index (χ4v) is 12.2. The molecule has 2 atom stereocenters. The molecular weight excluding hydrogens is 735 g/mol. The molecule has 1 heteroatoms. The minimum atomic E-state index is -0.107. The van der Waals surface area contributed by atoms with E-state index in [1.807, 2.05) is 0 Å². The lowest BCUT2D eigenvalue weighted by Crippen LogP contribution is -2.64. The normalized spacial score (nSPS) is 19.5. The van der Waals surface area contributed by atoms with Crippen molar-refractivity contribution in [2.24, 2.45) is 5.41 Å². The monoisotopic (exact) mass is 783 g/mol. The molecular formula is C60H49N. The summed E-state index contributed by atoms with van der Waals surface area (Å²) in [5.74, 6) is 0. The van der Waals surface area contributed by atoms with Crippen LogP contribution in [0, 0.1) is 5.41 Å². The number of hydrogen-bond acceptors (Lipinski definition) is 1. The first-order valence-electron chi connectivity index (χ1n) is 22.1. The van der Waals surface area contributed by atoms with Crippen LogP contribution in [0.15, 0.2) is 188 Å². The number of nitrogens with zero attached hydrogens (tertiary/aromatic N) is 1. The quantitative estimate of drug-likeness (QED) is 0.157. The van der Waals surface area contributed by atoms with E-state index in [0.717, 1.165) is 0 Å². The van der Waals surface area contributed by atoms with Gasteiger partial charge in [-0.1, -0.05) is 179 Å². The zero-order valence-electron chi connectivity index (χ0n) is 35.5. The number of rotatable bonds is 5. The highest BCUT2D eigenvalue weighted by Gasteiger charge is 2.64. The first-order chi connectivity index (χ1) is 29.8. The number of anilines is 2. The van der Waals surface area contributed by atoms with Gasteiger partial charge in [-0.15, -0.1) is 0 Å². The molecule has 0 amide bonds. The third kappa shape index (κ3) is 5.01. The molecule has 0 aromatic heterocycles. The minimum Gasteiger partial charge on any atom is -0.334 e. The van der Waals surface area contributed by atoms with Crippen LogP contribution in [-0.4, -0.2) is 5.54 Å². The van der Waals surface area contributed by atoms with Crippen molar-refractivity contribution in [2.75, 3.05) is 4.90 Å². The molecule has 1 fully saturated rings. The van der Waals surface area contributed by atoms with Gasteiger partial charge in [0, 0.05) is 16.8 Å². The lowest BCUT2D eigenvalue weighted by atomic mass is 9.51. The van der Waals surface area contributed by atoms with Crippen LogP contribution in [0.3, 0.4) is 0 Å². The van der Waals surface area contributed by atoms with Crippen LogP contribution in [0.4, 0.5) is 11.4 Å². The van der Waals surface area contributed by atoms with E-state index in [-0.39, 0.29) is 16.4 Å². The van der Waals surface area contributed by atoms with Crippen molar-refractivity contribution in [1.82, 2.24) is 0 Å². The molecule has 10 aromatic carbocycles. The van der Waals surface area contributed by atoms with E-state index in [0.29, 0.717) is 0 Å². The highest BCUT2D eigenvalue weighted by atomic mass is 15.3. The van der Waals surface area contributed by atoms with Crippen molar-refractivity contribution in [3.63, 3.8) is 0 Å². The Morgan fingerprint density at radius 1 is 0.393 bits per heavy atom. The minimum absolute atomic E-state index is 0.0417. The Labute approximate surface area is 359 Å². The Hall–Kier alpha value is -6.70. The summed E-state index contributed by atoms with van der Waals surface area (Å²) in [6, 6.07) is 70.9. The lowest BCUT2D eigenvalue weighted by molar-refractivity contribution is 0.0484. The van der Waals surface area contributed by atoms with Gasteiger partial charge in [0.25, 0.3) is 0 Å². The molecule has 12 rings (SSSR count). The van der Waals surface area contributed by atoms with Crippen molar-refractivity contribution in [3.8, 4) is 44.5 Å². The Bertz CT molecular complexity index is 3320. The van der Waals surface area contributed by atoms with Crippen molar-refractivity contribution < 1.29 is 0 Å². The predicted molar refractivity (Wildman–Crippen MR) is 261 cm³/mol. The third-order valence-electron chi connectivity index (χ3n) is 15.6. The molecule has 0 spiro atoms. The molecule has 1 nitrogen and oxygen atoms in total. The number of fused-ring (bicyclic) bond motifs is 4. The summed E-state index contributed by atoms with van der Waals surface area (Å²) in [5.41, 5.74) is 14.2. The zero-order chi connectivity index (χ0) is 41.1. The number of benzene rings is 10. The summed E-state index contributed by atoms with van der Waals surface area (Å²) >= 11 is 0. The van der Waals surface area contributed by atoms with E-state index >= 15 is 0 Å². The molecule has 2 aliphatic rings. The summed E-state index contributed by atoms with van der Waals surface area (Å²) in [6.07, 6.45) is 3.61. The van der Waals surface area contributed by atoms with Crippen LogP contribution >= 0.6 is 0 Å². The molecule has 0 radical (unpaired) electrons. The van der Waals surface area contributed by atoms with Crippen molar-refractivity contribution in [1.29, 1.82) is 0 Å². The zero-order valence-corrected chi connectivity index (χ0v) is 35.5. The first-order valence-corrected chi connectivity index (χ1v) is 22.1. The molecule has 61 heavy (non-hydrogen) atoms. The average Bonchev–Trinajstić information content (AvgIpc) is 3.52. The van der Waals surface area contributed by atoms with Gasteiger partial charge in [-0.05, 0) is 155 Å². The van der Waals surface area contributed by atoms with Crippen LogP contribution in [0.25, 0.3) is 87.6 Å². The maximum Gasteiger partial charge on any atom is 0.0568 e. The lowest BCUT2D eigenvalue weighted by Gasteiger charge is -2.59. The van der Waals surface area contributed by atoms with E-state index in [9.17, 15) is 0 Å². The van der Waals surface area contributed by atoms with Crippen LogP contribution in [-0.2, 0) is 5.41 Å². The molecule has 294 valence electrons. The second-order valence-electron chi connectivity index (χ2n) is 18.8.